The molecule has 4 rings (SSSR count). The van der Waals surface area contributed by atoms with Crippen molar-refractivity contribution in [3.63, 3.8) is 0 Å². The predicted octanol–water partition coefficient (Wildman–Crippen LogP) is 3.11. The van der Waals surface area contributed by atoms with E-state index in [1.54, 1.807) is 0 Å². The molecule has 1 atom stereocenters. The maximum Gasteiger partial charge on any atom is 0.234 e. The lowest BCUT2D eigenvalue weighted by molar-refractivity contribution is -0.123. The largest absolute Gasteiger partial charge is 0.486 e. The van der Waals surface area contributed by atoms with E-state index in [1.165, 1.54) is 0 Å². The number of anilines is 1. The Hall–Kier alpha value is -2.44. The zero-order valence-electron chi connectivity index (χ0n) is 16.6. The number of nitrogens with zero attached hydrogens (tertiary/aromatic N) is 2. The summed E-state index contributed by atoms with van der Waals surface area (Å²) in [5, 5.41) is 3.86. The number of amides is 1. The number of para-hydroxylation sites is 1. The molecule has 0 aromatic heterocycles. The monoisotopic (exact) mass is 415 g/mol. The van der Waals surface area contributed by atoms with Crippen LogP contribution in [0.1, 0.15) is 18.5 Å². The Morgan fingerprint density at radius 2 is 1.79 bits per heavy atom. The van der Waals surface area contributed by atoms with E-state index in [1.807, 2.05) is 49.4 Å². The summed E-state index contributed by atoms with van der Waals surface area (Å²) in [4.78, 5) is 17.0. The number of carbonyl (C=O) groups excluding carboxylic acids is 1. The van der Waals surface area contributed by atoms with E-state index >= 15 is 0 Å². The summed E-state index contributed by atoms with van der Waals surface area (Å²) in [6, 6.07) is 13.6. The van der Waals surface area contributed by atoms with Gasteiger partial charge in [0.2, 0.25) is 5.91 Å². The summed E-state index contributed by atoms with van der Waals surface area (Å²) >= 11 is 6.30. The topological polar surface area (TPSA) is 54.0 Å². The average Bonchev–Trinajstić information content (AvgIpc) is 2.74. The van der Waals surface area contributed by atoms with Crippen LogP contribution in [0.25, 0.3) is 0 Å². The minimum atomic E-state index is -0.0947. The Morgan fingerprint density at radius 3 is 2.55 bits per heavy atom. The standard InChI is InChI=1S/C22H26ClN3O3/c1-16(17-6-7-20-21(14-17)29-13-12-28-20)24-22(27)15-25-8-10-26(11-9-25)19-5-3-2-4-18(19)23/h2-7,14,16H,8-13,15H2,1H3,(H,24,27)/t16-/m0/s1. The van der Waals surface area contributed by atoms with Crippen LogP contribution in [0, 0.1) is 0 Å². The van der Waals surface area contributed by atoms with Crippen LogP contribution in [-0.2, 0) is 4.79 Å². The van der Waals surface area contributed by atoms with E-state index in [-0.39, 0.29) is 11.9 Å². The van der Waals surface area contributed by atoms with Gasteiger partial charge in [-0.05, 0) is 36.8 Å². The molecule has 1 amide bonds. The van der Waals surface area contributed by atoms with Gasteiger partial charge in [0.25, 0.3) is 0 Å². The first kappa shape index (κ1) is 19.9. The molecule has 6 nitrogen and oxygen atoms in total. The molecule has 2 aliphatic heterocycles. The number of fused-ring (bicyclic) bond motifs is 1. The van der Waals surface area contributed by atoms with Crippen LogP contribution in [0.3, 0.4) is 0 Å². The van der Waals surface area contributed by atoms with Gasteiger partial charge in [-0.1, -0.05) is 29.8 Å². The summed E-state index contributed by atoms with van der Waals surface area (Å²) in [5.74, 6) is 1.53. The number of benzene rings is 2. The summed E-state index contributed by atoms with van der Waals surface area (Å²) in [6.07, 6.45) is 0. The Morgan fingerprint density at radius 1 is 1.07 bits per heavy atom. The van der Waals surface area contributed by atoms with Crippen LogP contribution in [0.5, 0.6) is 11.5 Å². The Kier molecular flexibility index (Phi) is 6.11. The Labute approximate surface area is 176 Å². The normalized spacial score (nSPS) is 17.7. The third kappa shape index (κ3) is 4.77. The second-order valence-electron chi connectivity index (χ2n) is 7.41. The van der Waals surface area contributed by atoms with Crippen molar-refractivity contribution in [3.05, 3.63) is 53.1 Å². The lowest BCUT2D eigenvalue weighted by Crippen LogP contribution is -2.49. The maximum absolute atomic E-state index is 12.5. The second kappa shape index (κ2) is 8.93. The van der Waals surface area contributed by atoms with Gasteiger partial charge in [0.15, 0.2) is 11.5 Å². The molecule has 0 unspecified atom stereocenters. The first-order valence-electron chi connectivity index (χ1n) is 10.0. The molecule has 0 aliphatic carbocycles. The molecule has 0 bridgehead atoms. The number of rotatable bonds is 5. The summed E-state index contributed by atoms with van der Waals surface area (Å²) in [7, 11) is 0. The third-order valence-corrected chi connectivity index (χ3v) is 5.70. The zero-order valence-corrected chi connectivity index (χ0v) is 17.3. The highest BCUT2D eigenvalue weighted by atomic mass is 35.5. The molecule has 1 fully saturated rings. The highest BCUT2D eigenvalue weighted by molar-refractivity contribution is 6.33. The molecule has 2 aromatic rings. The van der Waals surface area contributed by atoms with Gasteiger partial charge in [0.05, 0.1) is 23.3 Å². The molecule has 29 heavy (non-hydrogen) atoms. The minimum Gasteiger partial charge on any atom is -0.486 e. The molecule has 0 radical (unpaired) electrons. The molecular formula is C22H26ClN3O3. The third-order valence-electron chi connectivity index (χ3n) is 5.38. The van der Waals surface area contributed by atoms with Gasteiger partial charge in [0, 0.05) is 26.2 Å². The van der Waals surface area contributed by atoms with Gasteiger partial charge in [-0.3, -0.25) is 9.69 Å². The van der Waals surface area contributed by atoms with Crippen molar-refractivity contribution in [2.75, 3.05) is 50.8 Å². The number of nitrogens with one attached hydrogen (secondary N) is 1. The molecule has 7 heteroatoms. The lowest BCUT2D eigenvalue weighted by atomic mass is 10.1. The van der Waals surface area contributed by atoms with Gasteiger partial charge in [0.1, 0.15) is 13.2 Å². The fourth-order valence-electron chi connectivity index (χ4n) is 3.76. The molecule has 1 N–H and O–H groups in total. The first-order valence-corrected chi connectivity index (χ1v) is 10.4. The van der Waals surface area contributed by atoms with Crippen molar-refractivity contribution in [1.29, 1.82) is 0 Å². The highest BCUT2D eigenvalue weighted by Gasteiger charge is 2.21. The van der Waals surface area contributed by atoms with Crippen LogP contribution in [0.2, 0.25) is 5.02 Å². The first-order chi connectivity index (χ1) is 14.1. The number of halogens is 1. The number of hydrogen-bond donors (Lipinski definition) is 1. The fraction of sp³-hybridized carbons (Fsp3) is 0.409. The van der Waals surface area contributed by atoms with Crippen molar-refractivity contribution < 1.29 is 14.3 Å². The van der Waals surface area contributed by atoms with E-state index in [9.17, 15) is 4.79 Å². The molecule has 2 aliphatic rings. The molecule has 0 spiro atoms. The summed E-state index contributed by atoms with van der Waals surface area (Å²) in [6.45, 7) is 6.88. The number of hydrogen-bond acceptors (Lipinski definition) is 5. The van der Waals surface area contributed by atoms with Gasteiger partial charge >= 0.3 is 0 Å². The van der Waals surface area contributed by atoms with E-state index in [4.69, 9.17) is 21.1 Å². The smallest absolute Gasteiger partial charge is 0.234 e. The average molecular weight is 416 g/mol. The van der Waals surface area contributed by atoms with E-state index < -0.39 is 0 Å². The quantitative estimate of drug-likeness (QED) is 0.813. The molecular weight excluding hydrogens is 390 g/mol. The Bertz CT molecular complexity index is 868. The lowest BCUT2D eigenvalue weighted by Gasteiger charge is -2.36. The number of piperazine rings is 1. The van der Waals surface area contributed by atoms with Gasteiger partial charge in [-0.15, -0.1) is 0 Å². The van der Waals surface area contributed by atoms with E-state index in [2.05, 4.69) is 15.1 Å². The number of ether oxygens (including phenoxy) is 2. The minimum absolute atomic E-state index is 0.0265. The predicted molar refractivity (Wildman–Crippen MR) is 114 cm³/mol. The SMILES string of the molecule is C[C@H](NC(=O)CN1CCN(c2ccccc2Cl)CC1)c1ccc2c(c1)OCCO2. The maximum atomic E-state index is 12.5. The van der Waals surface area contributed by atoms with E-state index in [0.717, 1.165) is 54.0 Å². The van der Waals surface area contributed by atoms with Gasteiger partial charge < -0.3 is 19.7 Å². The van der Waals surface area contributed by atoms with Crippen molar-refractivity contribution in [2.45, 2.75) is 13.0 Å². The van der Waals surface area contributed by atoms with Crippen molar-refractivity contribution >= 4 is 23.2 Å². The van der Waals surface area contributed by atoms with Crippen molar-refractivity contribution in [2.24, 2.45) is 0 Å². The van der Waals surface area contributed by atoms with Crippen molar-refractivity contribution in [3.8, 4) is 11.5 Å². The summed E-state index contributed by atoms with van der Waals surface area (Å²) < 4.78 is 11.2. The van der Waals surface area contributed by atoms with Crippen LogP contribution in [0.15, 0.2) is 42.5 Å². The van der Waals surface area contributed by atoms with Crippen LogP contribution in [0.4, 0.5) is 5.69 Å². The van der Waals surface area contributed by atoms with Crippen LogP contribution < -0.4 is 19.7 Å². The molecule has 2 aromatic carbocycles. The van der Waals surface area contributed by atoms with Crippen LogP contribution in [-0.4, -0.2) is 56.7 Å². The number of carbonyl (C=O) groups is 1. The fourth-order valence-corrected chi connectivity index (χ4v) is 4.01. The molecule has 154 valence electrons. The molecule has 1 saturated heterocycles. The summed E-state index contributed by atoms with van der Waals surface area (Å²) in [5.41, 5.74) is 2.07. The van der Waals surface area contributed by atoms with Crippen molar-refractivity contribution in [1.82, 2.24) is 10.2 Å². The van der Waals surface area contributed by atoms with Crippen LogP contribution >= 0.6 is 11.6 Å². The van der Waals surface area contributed by atoms with E-state index in [0.29, 0.717) is 19.8 Å². The zero-order chi connectivity index (χ0) is 20.2. The highest BCUT2D eigenvalue weighted by Crippen LogP contribution is 2.32. The molecule has 2 heterocycles. The van der Waals surface area contributed by atoms with Gasteiger partial charge in [-0.25, -0.2) is 0 Å². The molecule has 0 saturated carbocycles. The van der Waals surface area contributed by atoms with Gasteiger partial charge in [-0.2, -0.15) is 0 Å². The second-order valence-corrected chi connectivity index (χ2v) is 7.81. The Balaban J connectivity index is 1.27.